The minimum Gasteiger partial charge on any atom is -0.483 e. The maximum Gasteiger partial charge on any atom is 0.262 e. The van der Waals surface area contributed by atoms with Crippen LogP contribution in [-0.2, 0) is 10.2 Å². The molecular formula is C21H27NO2. The first kappa shape index (κ1) is 18.1. The van der Waals surface area contributed by atoms with Gasteiger partial charge in [0, 0.05) is 5.69 Å². The highest BCUT2D eigenvalue weighted by Gasteiger charge is 2.19. The van der Waals surface area contributed by atoms with Crippen LogP contribution >= 0.6 is 0 Å². The van der Waals surface area contributed by atoms with Crippen LogP contribution in [0.25, 0.3) is 0 Å². The summed E-state index contributed by atoms with van der Waals surface area (Å²) in [5, 5.41) is 2.90. The minimum atomic E-state index is -0.152. The van der Waals surface area contributed by atoms with E-state index in [1.807, 2.05) is 39.0 Å². The lowest BCUT2D eigenvalue weighted by molar-refractivity contribution is -0.118. The van der Waals surface area contributed by atoms with E-state index < -0.39 is 0 Å². The Morgan fingerprint density at radius 1 is 0.958 bits per heavy atom. The molecule has 128 valence electrons. The first-order chi connectivity index (χ1) is 11.1. The second-order valence-corrected chi connectivity index (χ2v) is 7.46. The van der Waals surface area contributed by atoms with Gasteiger partial charge in [-0.25, -0.2) is 0 Å². The molecule has 2 rings (SSSR count). The lowest BCUT2D eigenvalue weighted by Gasteiger charge is -2.23. The molecular weight excluding hydrogens is 298 g/mol. The van der Waals surface area contributed by atoms with Gasteiger partial charge in [-0.05, 0) is 66.6 Å². The highest BCUT2D eigenvalue weighted by Crippen LogP contribution is 2.32. The Balaban J connectivity index is 2.08. The van der Waals surface area contributed by atoms with E-state index in [0.717, 1.165) is 33.7 Å². The molecule has 0 heterocycles. The van der Waals surface area contributed by atoms with Gasteiger partial charge in [-0.3, -0.25) is 4.79 Å². The lowest BCUT2D eigenvalue weighted by Crippen LogP contribution is -2.22. The SMILES string of the molecule is Cc1cc(C)cc(NC(=O)COc2cc(C)ccc2C(C)(C)C)c1. The molecule has 1 amide bonds. The molecule has 0 saturated carbocycles. The Hall–Kier alpha value is -2.29. The van der Waals surface area contributed by atoms with Crippen molar-refractivity contribution in [2.75, 3.05) is 11.9 Å². The van der Waals surface area contributed by atoms with E-state index >= 15 is 0 Å². The maximum absolute atomic E-state index is 12.2. The van der Waals surface area contributed by atoms with E-state index in [-0.39, 0.29) is 17.9 Å². The molecule has 2 aromatic rings. The average molecular weight is 325 g/mol. The number of aryl methyl sites for hydroxylation is 3. The van der Waals surface area contributed by atoms with Gasteiger partial charge in [-0.15, -0.1) is 0 Å². The molecule has 0 radical (unpaired) electrons. The number of benzene rings is 2. The van der Waals surface area contributed by atoms with Gasteiger partial charge in [-0.1, -0.05) is 39.0 Å². The minimum absolute atomic E-state index is 0.000473. The molecule has 0 fully saturated rings. The van der Waals surface area contributed by atoms with Crippen LogP contribution in [0.3, 0.4) is 0 Å². The molecule has 2 aromatic carbocycles. The standard InChI is InChI=1S/C21H27NO2/c1-14-7-8-18(21(4,5)6)19(12-14)24-13-20(23)22-17-10-15(2)9-16(3)11-17/h7-12H,13H2,1-6H3,(H,22,23). The van der Waals surface area contributed by atoms with Crippen molar-refractivity contribution in [3.63, 3.8) is 0 Å². The van der Waals surface area contributed by atoms with Crippen molar-refractivity contribution in [3.05, 3.63) is 58.7 Å². The maximum atomic E-state index is 12.2. The van der Waals surface area contributed by atoms with Gasteiger partial charge in [0.25, 0.3) is 5.91 Å². The fourth-order valence-corrected chi connectivity index (χ4v) is 2.76. The summed E-state index contributed by atoms with van der Waals surface area (Å²) < 4.78 is 5.83. The van der Waals surface area contributed by atoms with Crippen molar-refractivity contribution in [2.24, 2.45) is 0 Å². The number of rotatable bonds is 4. The Bertz CT molecular complexity index is 722. The summed E-state index contributed by atoms with van der Waals surface area (Å²) in [6.07, 6.45) is 0. The monoisotopic (exact) mass is 325 g/mol. The summed E-state index contributed by atoms with van der Waals surface area (Å²) in [4.78, 5) is 12.2. The number of hydrogen-bond acceptors (Lipinski definition) is 2. The molecule has 24 heavy (non-hydrogen) atoms. The van der Waals surface area contributed by atoms with Crippen molar-refractivity contribution < 1.29 is 9.53 Å². The molecule has 3 nitrogen and oxygen atoms in total. The zero-order valence-corrected chi connectivity index (χ0v) is 15.5. The topological polar surface area (TPSA) is 38.3 Å². The van der Waals surface area contributed by atoms with E-state index in [1.54, 1.807) is 0 Å². The second-order valence-electron chi connectivity index (χ2n) is 7.46. The van der Waals surface area contributed by atoms with Crippen LogP contribution in [-0.4, -0.2) is 12.5 Å². The van der Waals surface area contributed by atoms with Gasteiger partial charge < -0.3 is 10.1 Å². The van der Waals surface area contributed by atoms with Gasteiger partial charge in [0.2, 0.25) is 0 Å². The number of carbonyl (C=O) groups excluding carboxylic acids is 1. The molecule has 0 aliphatic heterocycles. The summed E-state index contributed by atoms with van der Waals surface area (Å²) in [6, 6.07) is 12.1. The van der Waals surface area contributed by atoms with Crippen molar-refractivity contribution >= 4 is 11.6 Å². The highest BCUT2D eigenvalue weighted by atomic mass is 16.5. The van der Waals surface area contributed by atoms with Crippen molar-refractivity contribution in [1.82, 2.24) is 0 Å². The third kappa shape index (κ3) is 4.85. The van der Waals surface area contributed by atoms with Gasteiger partial charge in [-0.2, -0.15) is 0 Å². The fourth-order valence-electron chi connectivity index (χ4n) is 2.76. The predicted molar refractivity (Wildman–Crippen MR) is 99.9 cm³/mol. The van der Waals surface area contributed by atoms with Crippen LogP contribution in [0.1, 0.15) is 43.0 Å². The predicted octanol–water partition coefficient (Wildman–Crippen LogP) is 4.93. The van der Waals surface area contributed by atoms with Crippen molar-refractivity contribution in [3.8, 4) is 5.75 Å². The normalized spacial score (nSPS) is 11.2. The Morgan fingerprint density at radius 3 is 2.17 bits per heavy atom. The largest absolute Gasteiger partial charge is 0.483 e. The van der Waals surface area contributed by atoms with Crippen LogP contribution in [0.2, 0.25) is 0 Å². The Labute approximate surface area is 145 Å². The molecule has 0 aliphatic carbocycles. The fraction of sp³-hybridized carbons (Fsp3) is 0.381. The number of carbonyl (C=O) groups is 1. The van der Waals surface area contributed by atoms with Gasteiger partial charge >= 0.3 is 0 Å². The zero-order chi connectivity index (χ0) is 17.9. The van der Waals surface area contributed by atoms with E-state index in [1.165, 1.54) is 0 Å². The molecule has 1 N–H and O–H groups in total. The van der Waals surface area contributed by atoms with E-state index in [9.17, 15) is 4.79 Å². The summed E-state index contributed by atoms with van der Waals surface area (Å²) >= 11 is 0. The number of anilines is 1. The van der Waals surface area contributed by atoms with Crippen molar-refractivity contribution in [2.45, 2.75) is 47.0 Å². The summed E-state index contributed by atoms with van der Waals surface area (Å²) in [5.74, 6) is 0.624. The summed E-state index contributed by atoms with van der Waals surface area (Å²) in [6.45, 7) is 12.5. The Morgan fingerprint density at radius 2 is 1.58 bits per heavy atom. The average Bonchev–Trinajstić information content (AvgIpc) is 2.42. The third-order valence-corrected chi connectivity index (χ3v) is 3.81. The molecule has 0 atom stereocenters. The molecule has 0 unspecified atom stereocenters. The van der Waals surface area contributed by atoms with Crippen LogP contribution in [0.5, 0.6) is 5.75 Å². The van der Waals surface area contributed by atoms with Gasteiger partial charge in [0.05, 0.1) is 0 Å². The van der Waals surface area contributed by atoms with Crippen LogP contribution < -0.4 is 10.1 Å². The molecule has 0 saturated heterocycles. The smallest absolute Gasteiger partial charge is 0.262 e. The van der Waals surface area contributed by atoms with Crippen LogP contribution in [0, 0.1) is 20.8 Å². The second kappa shape index (κ2) is 7.08. The quantitative estimate of drug-likeness (QED) is 0.866. The first-order valence-electron chi connectivity index (χ1n) is 8.27. The van der Waals surface area contributed by atoms with Crippen LogP contribution in [0.4, 0.5) is 5.69 Å². The third-order valence-electron chi connectivity index (χ3n) is 3.81. The summed E-state index contributed by atoms with van der Waals surface area (Å²) in [5.41, 5.74) is 5.24. The molecule has 0 aliphatic rings. The van der Waals surface area contributed by atoms with Gasteiger partial charge in [0.15, 0.2) is 6.61 Å². The van der Waals surface area contributed by atoms with E-state index in [2.05, 4.69) is 44.3 Å². The molecule has 3 heteroatoms. The van der Waals surface area contributed by atoms with Crippen LogP contribution in [0.15, 0.2) is 36.4 Å². The van der Waals surface area contributed by atoms with E-state index in [4.69, 9.17) is 4.74 Å². The number of ether oxygens (including phenoxy) is 1. The number of hydrogen-bond donors (Lipinski definition) is 1. The zero-order valence-electron chi connectivity index (χ0n) is 15.5. The molecule has 0 aromatic heterocycles. The Kier molecular flexibility index (Phi) is 5.33. The number of amides is 1. The number of nitrogens with one attached hydrogen (secondary N) is 1. The van der Waals surface area contributed by atoms with Crippen molar-refractivity contribution in [1.29, 1.82) is 0 Å². The molecule has 0 spiro atoms. The van der Waals surface area contributed by atoms with Gasteiger partial charge in [0.1, 0.15) is 5.75 Å². The molecule has 0 bridgehead atoms. The summed E-state index contributed by atoms with van der Waals surface area (Å²) in [7, 11) is 0. The van der Waals surface area contributed by atoms with E-state index in [0.29, 0.717) is 0 Å². The highest BCUT2D eigenvalue weighted by molar-refractivity contribution is 5.92. The lowest BCUT2D eigenvalue weighted by atomic mass is 9.86. The first-order valence-corrected chi connectivity index (χ1v) is 8.27.